The number of carbonyl (C=O) groups excluding carboxylic acids is 1. The number of para-hydroxylation sites is 2. The van der Waals surface area contributed by atoms with Gasteiger partial charge in [-0.1, -0.05) is 12.1 Å². The van der Waals surface area contributed by atoms with Crippen LogP contribution in [0.15, 0.2) is 52.2 Å². The zero-order chi connectivity index (χ0) is 19.1. The molecule has 0 fully saturated rings. The fourth-order valence-electron chi connectivity index (χ4n) is 3.35. The van der Waals surface area contributed by atoms with E-state index in [9.17, 15) is 14.7 Å². The number of aryl methyl sites for hydroxylation is 1. The van der Waals surface area contributed by atoms with Gasteiger partial charge in [0.05, 0.1) is 17.7 Å². The molecule has 0 saturated carbocycles. The van der Waals surface area contributed by atoms with Gasteiger partial charge >= 0.3 is 0 Å². The van der Waals surface area contributed by atoms with Gasteiger partial charge in [0.15, 0.2) is 0 Å². The van der Waals surface area contributed by atoms with Crippen LogP contribution in [0.5, 0.6) is 11.5 Å². The molecule has 0 unspecified atom stereocenters. The predicted molar refractivity (Wildman–Crippen MR) is 106 cm³/mol. The number of hydrogen-bond acceptors (Lipinski definition) is 5. The minimum Gasteiger partial charge on any atom is -0.506 e. The molecule has 0 spiro atoms. The summed E-state index contributed by atoms with van der Waals surface area (Å²) in [7, 11) is 1.60. The lowest BCUT2D eigenvalue weighted by atomic mass is 10.1. The summed E-state index contributed by atoms with van der Waals surface area (Å²) in [4.78, 5) is 28.5. The van der Waals surface area contributed by atoms with E-state index in [1.54, 1.807) is 37.4 Å². The number of aromatic nitrogens is 1. The normalized spacial score (nSPS) is 13.3. The second kappa shape index (κ2) is 6.66. The van der Waals surface area contributed by atoms with E-state index in [1.807, 2.05) is 18.4 Å². The Labute approximate surface area is 160 Å². The van der Waals surface area contributed by atoms with Crippen molar-refractivity contribution in [1.82, 2.24) is 4.57 Å². The first-order valence-electron chi connectivity index (χ1n) is 8.46. The van der Waals surface area contributed by atoms with Crippen LogP contribution in [-0.2, 0) is 7.05 Å². The average Bonchev–Trinajstić information content (AvgIpc) is 2.71. The van der Waals surface area contributed by atoms with Crippen LogP contribution < -0.4 is 15.2 Å². The van der Waals surface area contributed by atoms with E-state index in [-0.39, 0.29) is 11.3 Å². The molecule has 2 aromatic carbocycles. The number of fused-ring (bicyclic) bond motifs is 2. The Morgan fingerprint density at radius 3 is 2.78 bits per heavy atom. The van der Waals surface area contributed by atoms with E-state index in [4.69, 9.17) is 4.74 Å². The average molecular weight is 382 g/mol. The first kappa shape index (κ1) is 17.5. The fourth-order valence-corrected chi connectivity index (χ4v) is 3.79. The Hall–Kier alpha value is -2.93. The highest BCUT2D eigenvalue weighted by atomic mass is 32.2. The van der Waals surface area contributed by atoms with Crippen LogP contribution in [0.1, 0.15) is 10.4 Å². The van der Waals surface area contributed by atoms with Crippen LogP contribution in [0.2, 0.25) is 0 Å². The summed E-state index contributed by atoms with van der Waals surface area (Å²) in [5.74, 6) is -0.225. The number of pyridine rings is 1. The second-order valence-corrected chi connectivity index (χ2v) is 7.12. The minimum atomic E-state index is -0.527. The van der Waals surface area contributed by atoms with Crippen LogP contribution in [0.3, 0.4) is 0 Å². The van der Waals surface area contributed by atoms with Gasteiger partial charge in [-0.05, 0) is 36.6 Å². The highest BCUT2D eigenvalue weighted by molar-refractivity contribution is 7.98. The summed E-state index contributed by atoms with van der Waals surface area (Å²) in [6.45, 7) is 0.634. The first-order valence-corrected chi connectivity index (χ1v) is 9.69. The molecule has 4 rings (SSSR count). The van der Waals surface area contributed by atoms with Crippen molar-refractivity contribution in [2.75, 3.05) is 24.3 Å². The number of anilines is 1. The Morgan fingerprint density at radius 1 is 1.22 bits per heavy atom. The van der Waals surface area contributed by atoms with Crippen molar-refractivity contribution in [1.29, 1.82) is 0 Å². The van der Waals surface area contributed by atoms with Crippen molar-refractivity contribution in [2.45, 2.75) is 4.90 Å². The molecular formula is C20H18N2O4S. The van der Waals surface area contributed by atoms with Crippen molar-refractivity contribution in [3.63, 3.8) is 0 Å². The summed E-state index contributed by atoms with van der Waals surface area (Å²) in [6.07, 6.45) is 1.93. The van der Waals surface area contributed by atoms with Crippen molar-refractivity contribution < 1.29 is 14.6 Å². The number of benzene rings is 2. The lowest BCUT2D eigenvalue weighted by Gasteiger charge is -2.29. The van der Waals surface area contributed by atoms with Gasteiger partial charge < -0.3 is 19.3 Å². The molecule has 7 heteroatoms. The maximum atomic E-state index is 13.2. The summed E-state index contributed by atoms with van der Waals surface area (Å²) >= 11 is 1.53. The number of aromatic hydroxyl groups is 1. The molecule has 0 aliphatic carbocycles. The molecule has 6 nitrogen and oxygen atoms in total. The Morgan fingerprint density at radius 2 is 2.00 bits per heavy atom. The monoisotopic (exact) mass is 382 g/mol. The Balaban J connectivity index is 1.92. The molecule has 2 heterocycles. The molecule has 1 amide bonds. The number of ether oxygens (including phenoxy) is 1. The zero-order valence-corrected chi connectivity index (χ0v) is 15.7. The number of nitrogens with zero attached hydrogens (tertiary/aromatic N) is 2. The number of rotatable bonds is 2. The number of amides is 1. The summed E-state index contributed by atoms with van der Waals surface area (Å²) in [5, 5.41) is 11.3. The maximum absolute atomic E-state index is 13.2. The molecule has 3 aromatic rings. The molecule has 1 aliphatic heterocycles. The predicted octanol–water partition coefficient (Wildman–Crippen LogP) is 3.01. The van der Waals surface area contributed by atoms with Gasteiger partial charge in [-0.25, -0.2) is 0 Å². The van der Waals surface area contributed by atoms with Gasteiger partial charge in [-0.15, -0.1) is 11.8 Å². The zero-order valence-electron chi connectivity index (χ0n) is 14.9. The standard InChI is InChI=1S/C20H18N2O4S/c1-21-14-8-7-12(27-2)11-13(14)18(23)17(19(21)24)20(25)22-9-10-26-16-6-4-3-5-15(16)22/h3-8,11,23H,9-10H2,1-2H3. The van der Waals surface area contributed by atoms with Gasteiger partial charge in [0.2, 0.25) is 0 Å². The summed E-state index contributed by atoms with van der Waals surface area (Å²) in [6, 6.07) is 12.6. The number of thioether (sulfide) groups is 1. The third-order valence-electron chi connectivity index (χ3n) is 4.76. The minimum absolute atomic E-state index is 0.222. The largest absolute Gasteiger partial charge is 0.506 e. The molecule has 0 saturated heterocycles. The van der Waals surface area contributed by atoms with Crippen LogP contribution in [0.25, 0.3) is 10.9 Å². The lowest BCUT2D eigenvalue weighted by molar-refractivity contribution is 0.0972. The lowest BCUT2D eigenvalue weighted by Crippen LogP contribution is -2.41. The molecule has 1 N–H and O–H groups in total. The maximum Gasteiger partial charge on any atom is 0.267 e. The SMILES string of the molecule is CSc1ccc2c(c1)c(O)c(C(=O)N1CCOc3ccccc31)c(=O)n2C. The summed E-state index contributed by atoms with van der Waals surface area (Å²) < 4.78 is 6.98. The molecule has 1 aliphatic rings. The van der Waals surface area contributed by atoms with E-state index in [1.165, 1.54) is 21.2 Å². The van der Waals surface area contributed by atoms with E-state index in [0.29, 0.717) is 35.5 Å². The van der Waals surface area contributed by atoms with Crippen molar-refractivity contribution in [2.24, 2.45) is 7.05 Å². The van der Waals surface area contributed by atoms with Crippen molar-refractivity contribution in [3.8, 4) is 11.5 Å². The van der Waals surface area contributed by atoms with Gasteiger partial charge in [0.1, 0.15) is 23.7 Å². The highest BCUT2D eigenvalue weighted by Gasteiger charge is 2.30. The fraction of sp³-hybridized carbons (Fsp3) is 0.200. The molecule has 0 radical (unpaired) electrons. The molecule has 27 heavy (non-hydrogen) atoms. The van der Waals surface area contributed by atoms with Crippen LogP contribution in [0, 0.1) is 0 Å². The van der Waals surface area contributed by atoms with Crippen LogP contribution >= 0.6 is 11.8 Å². The summed E-state index contributed by atoms with van der Waals surface area (Å²) in [5.41, 5.74) is 0.424. The van der Waals surface area contributed by atoms with E-state index in [0.717, 1.165) is 4.90 Å². The molecule has 0 bridgehead atoms. The number of carbonyl (C=O) groups is 1. The van der Waals surface area contributed by atoms with Crippen LogP contribution in [0.4, 0.5) is 5.69 Å². The van der Waals surface area contributed by atoms with Crippen LogP contribution in [-0.4, -0.2) is 35.0 Å². The second-order valence-electron chi connectivity index (χ2n) is 6.24. The van der Waals surface area contributed by atoms with Crippen molar-refractivity contribution in [3.05, 3.63) is 58.4 Å². The Bertz CT molecular complexity index is 1120. The quantitative estimate of drug-likeness (QED) is 0.690. The third kappa shape index (κ3) is 2.75. The molecule has 0 atom stereocenters. The first-order chi connectivity index (χ1) is 13.0. The smallest absolute Gasteiger partial charge is 0.267 e. The van der Waals surface area contributed by atoms with E-state index in [2.05, 4.69) is 0 Å². The van der Waals surface area contributed by atoms with E-state index >= 15 is 0 Å². The van der Waals surface area contributed by atoms with Crippen molar-refractivity contribution >= 4 is 34.3 Å². The highest BCUT2D eigenvalue weighted by Crippen LogP contribution is 2.34. The van der Waals surface area contributed by atoms with E-state index < -0.39 is 11.5 Å². The van der Waals surface area contributed by atoms with Gasteiger partial charge in [-0.2, -0.15) is 0 Å². The molecule has 138 valence electrons. The Kier molecular flexibility index (Phi) is 4.31. The van der Waals surface area contributed by atoms with Gasteiger partial charge in [0.25, 0.3) is 11.5 Å². The van der Waals surface area contributed by atoms with Gasteiger partial charge in [0, 0.05) is 17.3 Å². The number of hydrogen-bond donors (Lipinski definition) is 1. The van der Waals surface area contributed by atoms with Gasteiger partial charge in [-0.3, -0.25) is 9.59 Å². The molecule has 1 aromatic heterocycles. The molecular weight excluding hydrogens is 364 g/mol. The topological polar surface area (TPSA) is 71.8 Å². The third-order valence-corrected chi connectivity index (χ3v) is 5.49.